The van der Waals surface area contributed by atoms with E-state index < -0.39 is 5.97 Å². The third-order valence-corrected chi connectivity index (χ3v) is 3.70. The number of H-pyrrole nitrogens is 1. The molecule has 8 nitrogen and oxygen atoms in total. The lowest BCUT2D eigenvalue weighted by atomic mass is 10.1. The Morgan fingerprint density at radius 1 is 1.28 bits per heavy atom. The maximum atomic E-state index is 11.3. The van der Waals surface area contributed by atoms with Crippen molar-refractivity contribution in [3.8, 4) is 0 Å². The fourth-order valence-electron chi connectivity index (χ4n) is 2.40. The second-order valence-corrected chi connectivity index (χ2v) is 5.39. The number of ether oxygens (including phenoxy) is 1. The van der Waals surface area contributed by atoms with Crippen LogP contribution in [0.5, 0.6) is 0 Å². The van der Waals surface area contributed by atoms with Crippen LogP contribution in [-0.4, -0.2) is 43.3 Å². The minimum Gasteiger partial charge on any atom is -0.464 e. The number of fused-ring (bicyclic) bond motifs is 1. The van der Waals surface area contributed by atoms with Crippen LogP contribution in [0.25, 0.3) is 11.0 Å². The van der Waals surface area contributed by atoms with Gasteiger partial charge in [0.15, 0.2) is 11.3 Å². The number of nitrogens with one attached hydrogen (secondary N) is 1. The predicted molar refractivity (Wildman–Crippen MR) is 96.4 cm³/mol. The van der Waals surface area contributed by atoms with Gasteiger partial charge in [0, 0.05) is 19.6 Å². The third-order valence-electron chi connectivity index (χ3n) is 3.70. The monoisotopic (exact) mass is 346 g/mol. The number of hydrogen-bond acceptors (Lipinski definition) is 6. The van der Waals surface area contributed by atoms with E-state index in [1.54, 1.807) is 10.9 Å². The number of rotatable bonds is 6. The van der Waals surface area contributed by atoms with E-state index in [4.69, 9.17) is 0 Å². The molecule has 0 fully saturated rings. The summed E-state index contributed by atoms with van der Waals surface area (Å²) in [5.74, 6) is -0.471. The van der Waals surface area contributed by atoms with Crippen LogP contribution in [0.4, 0.5) is 0 Å². The first kappa shape index (κ1) is 18.6. The second kappa shape index (κ2) is 8.91. The zero-order valence-electron chi connectivity index (χ0n) is 15.1. The summed E-state index contributed by atoms with van der Waals surface area (Å²) in [6.07, 6.45) is 6.26. The highest BCUT2D eigenvalue weighted by Gasteiger charge is 2.10. The molecule has 1 N–H and O–H groups in total. The molecule has 0 atom stereocenters. The van der Waals surface area contributed by atoms with Crippen molar-refractivity contribution in [2.24, 2.45) is 0 Å². The molecule has 3 aromatic rings. The number of unbranched alkanes of at least 4 members (excludes halogenated alkanes) is 1. The van der Waals surface area contributed by atoms with Gasteiger partial charge in [-0.05, 0) is 37.8 Å². The predicted octanol–water partition coefficient (Wildman–Crippen LogP) is 2.94. The number of aryl methyl sites for hydroxylation is 3. The summed E-state index contributed by atoms with van der Waals surface area (Å²) in [6, 6.07) is 2.08. The van der Waals surface area contributed by atoms with Gasteiger partial charge in [-0.15, -0.1) is 10.2 Å². The fraction of sp³-hybridized carbons (Fsp3) is 0.471. The number of aromatic nitrogens is 6. The van der Waals surface area contributed by atoms with Crippen LogP contribution in [0.2, 0.25) is 0 Å². The van der Waals surface area contributed by atoms with Crippen molar-refractivity contribution in [2.45, 2.75) is 46.6 Å². The Labute approximate surface area is 148 Å². The van der Waals surface area contributed by atoms with Gasteiger partial charge in [0.25, 0.3) is 0 Å². The van der Waals surface area contributed by atoms with Gasteiger partial charge in [0.2, 0.25) is 0 Å². The number of nitrogens with zero attached hydrogens (tertiary/aromatic N) is 5. The van der Waals surface area contributed by atoms with E-state index >= 15 is 0 Å². The normalized spacial score (nSPS) is 10.4. The van der Waals surface area contributed by atoms with E-state index in [-0.39, 0.29) is 7.12 Å². The molecule has 3 aromatic heterocycles. The lowest BCUT2D eigenvalue weighted by molar-refractivity contribution is 0.0594. The summed E-state index contributed by atoms with van der Waals surface area (Å²) in [5.41, 5.74) is 3.21. The average molecular weight is 346 g/mol. The zero-order chi connectivity index (χ0) is 18.2. The summed E-state index contributed by atoms with van der Waals surface area (Å²) in [4.78, 5) is 14.4. The molecular weight excluding hydrogens is 320 g/mol. The maximum absolute atomic E-state index is 11.3. The summed E-state index contributed by atoms with van der Waals surface area (Å²) in [7, 11) is 1.32. The molecule has 3 heterocycles. The molecule has 8 heteroatoms. The average Bonchev–Trinajstić information content (AvgIpc) is 3.27. The number of hydrogen-bond donors (Lipinski definition) is 1. The maximum Gasteiger partial charge on any atom is 0.360 e. The lowest BCUT2D eigenvalue weighted by Crippen LogP contribution is -2.02. The van der Waals surface area contributed by atoms with Crippen LogP contribution in [-0.2, 0) is 17.7 Å². The first-order valence-corrected chi connectivity index (χ1v) is 8.46. The highest BCUT2D eigenvalue weighted by molar-refractivity contribution is 5.86. The Kier molecular flexibility index (Phi) is 6.62. The largest absolute Gasteiger partial charge is 0.464 e. The van der Waals surface area contributed by atoms with Crippen molar-refractivity contribution in [1.82, 2.24) is 30.2 Å². The van der Waals surface area contributed by atoms with Gasteiger partial charge in [-0.1, -0.05) is 19.1 Å². The summed E-state index contributed by atoms with van der Waals surface area (Å²) in [5, 5.41) is 17.2. The minimum atomic E-state index is -0.471. The number of esters is 1. The van der Waals surface area contributed by atoms with Gasteiger partial charge in [-0.2, -0.15) is 5.10 Å². The molecule has 0 radical (unpaired) electrons. The molecule has 0 bridgehead atoms. The number of carbonyl (C=O) groups is 1. The molecule has 0 aliphatic carbocycles. The molecule has 0 amide bonds. The summed E-state index contributed by atoms with van der Waals surface area (Å²) < 4.78 is 6.25. The number of methoxy groups -OCH3 is 1. The topological polar surface area (TPSA) is 98.6 Å². The molecule has 25 heavy (non-hydrogen) atoms. The Balaban J connectivity index is 0.00000109. The first-order valence-electron chi connectivity index (χ1n) is 8.46. The molecule has 0 saturated carbocycles. The molecular formula is C17H26N6O2. The Morgan fingerprint density at radius 3 is 2.84 bits per heavy atom. The molecule has 0 unspecified atom stereocenters. The summed E-state index contributed by atoms with van der Waals surface area (Å²) >= 11 is 0. The highest BCUT2D eigenvalue weighted by Crippen LogP contribution is 2.16. The van der Waals surface area contributed by atoms with Gasteiger partial charge in [-0.25, -0.2) is 4.79 Å². The highest BCUT2D eigenvalue weighted by atomic mass is 16.5. The molecule has 0 saturated heterocycles. The molecule has 0 aliphatic heterocycles. The van der Waals surface area contributed by atoms with Crippen molar-refractivity contribution in [3.63, 3.8) is 0 Å². The first-order chi connectivity index (χ1) is 12.2. The SMILES string of the molecule is CC.COC(=O)c1cn(CCCCc2cc3c(C)c[nH]c3nn2)nn1.[HH]. The van der Waals surface area contributed by atoms with Gasteiger partial charge >= 0.3 is 5.97 Å². The van der Waals surface area contributed by atoms with E-state index in [0.717, 1.165) is 36.0 Å². The van der Waals surface area contributed by atoms with Gasteiger partial charge in [0.1, 0.15) is 0 Å². The lowest BCUT2D eigenvalue weighted by Gasteiger charge is -2.01. The second-order valence-electron chi connectivity index (χ2n) is 5.39. The Morgan fingerprint density at radius 2 is 2.08 bits per heavy atom. The molecule has 136 valence electrons. The molecule has 0 aliphatic rings. The molecule has 0 aromatic carbocycles. The standard InChI is InChI=1S/C15H18N6O2.C2H6.H2/c1-10-8-16-14-12(10)7-11(17-19-14)5-3-4-6-21-9-13(18-20-21)15(22)23-2;1-2;/h7-9H,3-6H2,1-2H3,(H,16,19);1-2H3;1H. The van der Waals surface area contributed by atoms with Crippen molar-refractivity contribution in [3.05, 3.63) is 35.4 Å². The van der Waals surface area contributed by atoms with Gasteiger partial charge in [0.05, 0.1) is 19.0 Å². The minimum absolute atomic E-state index is 0. The zero-order valence-corrected chi connectivity index (χ0v) is 15.1. The summed E-state index contributed by atoms with van der Waals surface area (Å²) in [6.45, 7) is 6.75. The van der Waals surface area contributed by atoms with Gasteiger partial charge < -0.3 is 9.72 Å². The molecule has 3 rings (SSSR count). The fourth-order valence-corrected chi connectivity index (χ4v) is 2.40. The molecule has 0 spiro atoms. The Hall–Kier alpha value is -2.77. The van der Waals surface area contributed by atoms with Crippen molar-refractivity contribution >= 4 is 17.0 Å². The number of carbonyl (C=O) groups excluding carboxylic acids is 1. The van der Waals surface area contributed by atoms with Gasteiger partial charge in [-0.3, -0.25) is 4.68 Å². The van der Waals surface area contributed by atoms with Crippen molar-refractivity contribution in [1.29, 1.82) is 0 Å². The van der Waals surface area contributed by atoms with Crippen LogP contribution in [0.15, 0.2) is 18.5 Å². The Bertz CT molecular complexity index is 830. The van der Waals surface area contributed by atoms with E-state index in [9.17, 15) is 4.79 Å². The van der Waals surface area contributed by atoms with Crippen molar-refractivity contribution < 1.29 is 11.0 Å². The van der Waals surface area contributed by atoms with Crippen molar-refractivity contribution in [2.75, 3.05) is 7.11 Å². The van der Waals surface area contributed by atoms with E-state index in [2.05, 4.69) is 36.3 Å². The van der Waals surface area contributed by atoms with Crippen LogP contribution in [0.1, 0.15) is 49.9 Å². The smallest absolute Gasteiger partial charge is 0.360 e. The van der Waals surface area contributed by atoms with E-state index in [0.29, 0.717) is 6.54 Å². The van der Waals surface area contributed by atoms with Crippen LogP contribution in [0, 0.1) is 6.92 Å². The third kappa shape index (κ3) is 4.62. The number of aromatic amines is 1. The van der Waals surface area contributed by atoms with Crippen LogP contribution < -0.4 is 0 Å². The van der Waals surface area contributed by atoms with Crippen LogP contribution >= 0.6 is 0 Å². The van der Waals surface area contributed by atoms with Crippen LogP contribution in [0.3, 0.4) is 0 Å². The van der Waals surface area contributed by atoms with E-state index in [1.807, 2.05) is 27.0 Å². The van der Waals surface area contributed by atoms with E-state index in [1.165, 1.54) is 12.7 Å². The quantitative estimate of drug-likeness (QED) is 0.544.